The lowest BCUT2D eigenvalue weighted by atomic mass is 9.95. The molecule has 188 valence electrons. The first-order valence-electron chi connectivity index (χ1n) is 11.9. The van der Waals surface area contributed by atoms with Gasteiger partial charge in [0, 0.05) is 12.2 Å². The Hall–Kier alpha value is -4.72. The van der Waals surface area contributed by atoms with E-state index >= 15 is 0 Å². The number of nitrogens with zero attached hydrogens (tertiary/aromatic N) is 1. The summed E-state index contributed by atoms with van der Waals surface area (Å²) < 4.78 is 6.43. The third-order valence-corrected chi connectivity index (χ3v) is 5.84. The number of ketones is 1. The van der Waals surface area contributed by atoms with E-state index in [1.54, 1.807) is 24.3 Å². The highest BCUT2D eigenvalue weighted by atomic mass is 16.5. The third kappa shape index (κ3) is 6.91. The summed E-state index contributed by atoms with van der Waals surface area (Å²) in [5, 5.41) is 5.28. The molecule has 1 aliphatic carbocycles. The zero-order chi connectivity index (χ0) is 26.0. The highest BCUT2D eigenvalue weighted by molar-refractivity contribution is 5.98. The molecule has 2 aromatic carbocycles. The van der Waals surface area contributed by atoms with Gasteiger partial charge in [0.05, 0.1) is 5.92 Å². The van der Waals surface area contributed by atoms with Gasteiger partial charge in [0.1, 0.15) is 18.8 Å². The van der Waals surface area contributed by atoms with E-state index in [2.05, 4.69) is 10.6 Å². The van der Waals surface area contributed by atoms with Crippen LogP contribution in [0, 0.1) is 0 Å². The molecule has 0 spiro atoms. The lowest BCUT2D eigenvalue weighted by Gasteiger charge is -2.20. The van der Waals surface area contributed by atoms with E-state index in [-0.39, 0.29) is 30.5 Å². The molecule has 8 heteroatoms. The SMILES string of the molecule is O=C(Cn1c(C2C=CC=CC2=O)ccc(NC(=O)OCc2ccccc2)c1=O)NCCc1ccccc1. The minimum atomic E-state index is -0.802. The number of ether oxygens (including phenoxy) is 1. The molecule has 0 saturated heterocycles. The fourth-order valence-corrected chi connectivity index (χ4v) is 3.95. The molecule has 4 rings (SSSR count). The smallest absolute Gasteiger partial charge is 0.412 e. The van der Waals surface area contributed by atoms with Gasteiger partial charge >= 0.3 is 6.09 Å². The van der Waals surface area contributed by atoms with Gasteiger partial charge in [-0.05, 0) is 35.8 Å². The molecule has 37 heavy (non-hydrogen) atoms. The predicted octanol–water partition coefficient (Wildman–Crippen LogP) is 3.73. The molecule has 1 aromatic heterocycles. The molecular formula is C29H27N3O5. The van der Waals surface area contributed by atoms with E-state index in [0.717, 1.165) is 11.1 Å². The number of anilines is 1. The Labute approximate surface area is 214 Å². The molecule has 0 saturated carbocycles. The highest BCUT2D eigenvalue weighted by Crippen LogP contribution is 2.22. The number of aromatic nitrogens is 1. The van der Waals surface area contributed by atoms with Crippen LogP contribution in [0.2, 0.25) is 0 Å². The topological polar surface area (TPSA) is 106 Å². The van der Waals surface area contributed by atoms with E-state index in [0.29, 0.717) is 18.7 Å². The Morgan fingerprint density at radius 1 is 0.865 bits per heavy atom. The molecule has 3 aromatic rings. The molecule has 0 fully saturated rings. The monoisotopic (exact) mass is 497 g/mol. The Morgan fingerprint density at radius 2 is 1.57 bits per heavy atom. The van der Waals surface area contributed by atoms with Gasteiger partial charge in [-0.3, -0.25) is 19.7 Å². The van der Waals surface area contributed by atoms with Crippen molar-refractivity contribution in [3.05, 3.63) is 124 Å². The normalized spacial score (nSPS) is 14.3. The standard InChI is InChI=1S/C29H27N3O5/c33-26-14-8-7-13-23(26)25-16-15-24(31-29(36)37-20-22-11-5-2-6-12-22)28(35)32(25)19-27(34)30-18-17-21-9-3-1-4-10-21/h1-16,23H,17-20H2,(H,30,34)(H,31,36). The Kier molecular flexibility index (Phi) is 8.44. The molecule has 1 heterocycles. The summed E-state index contributed by atoms with van der Waals surface area (Å²) in [5.41, 5.74) is 1.57. The van der Waals surface area contributed by atoms with Crippen LogP contribution in [0.1, 0.15) is 22.7 Å². The van der Waals surface area contributed by atoms with Gasteiger partial charge in [0.15, 0.2) is 5.78 Å². The van der Waals surface area contributed by atoms with Crippen molar-refractivity contribution in [1.82, 2.24) is 9.88 Å². The number of benzene rings is 2. The summed E-state index contributed by atoms with van der Waals surface area (Å²) in [5.74, 6) is -1.30. The summed E-state index contributed by atoms with van der Waals surface area (Å²) in [6.07, 6.45) is 6.26. The number of hydrogen-bond acceptors (Lipinski definition) is 5. The van der Waals surface area contributed by atoms with Crippen LogP contribution >= 0.6 is 0 Å². The maximum atomic E-state index is 13.3. The van der Waals surface area contributed by atoms with Gasteiger partial charge in [-0.15, -0.1) is 0 Å². The zero-order valence-corrected chi connectivity index (χ0v) is 20.1. The van der Waals surface area contributed by atoms with E-state index in [9.17, 15) is 19.2 Å². The van der Waals surface area contributed by atoms with Gasteiger partial charge in [-0.2, -0.15) is 0 Å². The number of hydrogen-bond donors (Lipinski definition) is 2. The predicted molar refractivity (Wildman–Crippen MR) is 140 cm³/mol. The summed E-state index contributed by atoms with van der Waals surface area (Å²) in [4.78, 5) is 51.0. The van der Waals surface area contributed by atoms with Gasteiger partial charge in [0.2, 0.25) is 5.91 Å². The number of rotatable bonds is 9. The van der Waals surface area contributed by atoms with Crippen molar-refractivity contribution < 1.29 is 19.1 Å². The first kappa shape index (κ1) is 25.4. The minimum Gasteiger partial charge on any atom is -0.444 e. The second-order valence-corrected chi connectivity index (χ2v) is 8.46. The Bertz CT molecular complexity index is 1380. The minimum absolute atomic E-state index is 0.0382. The van der Waals surface area contributed by atoms with E-state index in [1.807, 2.05) is 60.7 Å². The lowest BCUT2D eigenvalue weighted by molar-refractivity contribution is -0.122. The van der Waals surface area contributed by atoms with Crippen LogP contribution in [0.3, 0.4) is 0 Å². The van der Waals surface area contributed by atoms with E-state index in [4.69, 9.17) is 4.74 Å². The second-order valence-electron chi connectivity index (χ2n) is 8.46. The molecule has 8 nitrogen and oxygen atoms in total. The summed E-state index contributed by atoms with van der Waals surface area (Å²) in [7, 11) is 0. The molecular weight excluding hydrogens is 470 g/mol. The lowest BCUT2D eigenvalue weighted by Crippen LogP contribution is -2.37. The summed E-state index contributed by atoms with van der Waals surface area (Å²) in [6, 6.07) is 21.8. The van der Waals surface area contributed by atoms with Crippen molar-refractivity contribution >= 4 is 23.5 Å². The van der Waals surface area contributed by atoms with Gasteiger partial charge < -0.3 is 14.6 Å². The van der Waals surface area contributed by atoms with Gasteiger partial charge in [0.25, 0.3) is 5.56 Å². The molecule has 1 aliphatic rings. The third-order valence-electron chi connectivity index (χ3n) is 5.84. The quantitative estimate of drug-likeness (QED) is 0.469. The van der Waals surface area contributed by atoms with Crippen molar-refractivity contribution in [2.75, 3.05) is 11.9 Å². The molecule has 1 unspecified atom stereocenters. The number of allylic oxidation sites excluding steroid dienone is 4. The van der Waals surface area contributed by atoms with E-state index in [1.165, 1.54) is 16.7 Å². The number of amides is 2. The van der Waals surface area contributed by atoms with E-state index < -0.39 is 17.6 Å². The van der Waals surface area contributed by atoms with Crippen LogP contribution in [0.5, 0.6) is 0 Å². The number of pyridine rings is 1. The number of nitrogens with one attached hydrogen (secondary N) is 2. The fraction of sp³-hybridized carbons (Fsp3) is 0.172. The largest absolute Gasteiger partial charge is 0.444 e. The van der Waals surface area contributed by atoms with Crippen molar-refractivity contribution in [2.24, 2.45) is 0 Å². The maximum Gasteiger partial charge on any atom is 0.412 e. The Balaban J connectivity index is 1.49. The van der Waals surface area contributed by atoms with Gasteiger partial charge in [-0.25, -0.2) is 4.79 Å². The highest BCUT2D eigenvalue weighted by Gasteiger charge is 2.24. The fourth-order valence-electron chi connectivity index (χ4n) is 3.95. The van der Waals surface area contributed by atoms with Crippen LogP contribution in [-0.2, 0) is 33.9 Å². The first-order valence-corrected chi connectivity index (χ1v) is 11.9. The molecule has 0 bridgehead atoms. The van der Waals surface area contributed by atoms with Crippen LogP contribution in [-0.4, -0.2) is 28.9 Å². The average molecular weight is 498 g/mol. The van der Waals surface area contributed by atoms with Crippen molar-refractivity contribution in [2.45, 2.75) is 25.5 Å². The van der Waals surface area contributed by atoms with Crippen LogP contribution in [0.25, 0.3) is 0 Å². The molecule has 1 atom stereocenters. The van der Waals surface area contributed by atoms with Gasteiger partial charge in [-0.1, -0.05) is 78.9 Å². The molecule has 2 N–H and O–H groups in total. The van der Waals surface area contributed by atoms with Crippen molar-refractivity contribution in [1.29, 1.82) is 0 Å². The number of carbonyl (C=O) groups excluding carboxylic acids is 3. The number of carbonyl (C=O) groups is 3. The van der Waals surface area contributed by atoms with Crippen LogP contribution < -0.4 is 16.2 Å². The first-order chi connectivity index (χ1) is 18.0. The molecule has 0 radical (unpaired) electrons. The second kappa shape index (κ2) is 12.3. The molecule has 0 aliphatic heterocycles. The summed E-state index contributed by atoms with van der Waals surface area (Å²) >= 11 is 0. The average Bonchev–Trinajstić information content (AvgIpc) is 2.91. The zero-order valence-electron chi connectivity index (χ0n) is 20.1. The maximum absolute atomic E-state index is 13.3. The Morgan fingerprint density at radius 3 is 2.27 bits per heavy atom. The van der Waals surface area contributed by atoms with Crippen LogP contribution in [0.4, 0.5) is 10.5 Å². The molecule has 2 amide bonds. The van der Waals surface area contributed by atoms with Crippen molar-refractivity contribution in [3.8, 4) is 0 Å². The van der Waals surface area contributed by atoms with Crippen molar-refractivity contribution in [3.63, 3.8) is 0 Å². The van der Waals surface area contributed by atoms with Crippen LogP contribution in [0.15, 0.2) is 102 Å². The summed E-state index contributed by atoms with van der Waals surface area (Å²) in [6.45, 7) is 0.122.